The number of pyridine rings is 1. The van der Waals surface area contributed by atoms with Gasteiger partial charge in [0.15, 0.2) is 5.78 Å². The largest absolute Gasteiger partial charge is 0.289 e. The molecule has 3 rings (SSSR count). The van der Waals surface area contributed by atoms with Crippen molar-refractivity contribution < 1.29 is 4.79 Å². The summed E-state index contributed by atoms with van der Waals surface area (Å²) in [7, 11) is 0. The van der Waals surface area contributed by atoms with E-state index in [9.17, 15) is 4.79 Å². The molecule has 98 valence electrons. The number of benzene rings is 2. The maximum absolute atomic E-state index is 12.6. The molecule has 0 spiro atoms. The molecule has 0 fully saturated rings. The van der Waals surface area contributed by atoms with E-state index >= 15 is 0 Å². The Morgan fingerprint density at radius 2 is 1.95 bits per heavy atom. The Hall–Kier alpha value is -1.71. The third-order valence-corrected chi connectivity index (χ3v) is 4.30. The highest BCUT2D eigenvalue weighted by Crippen LogP contribution is 2.26. The third kappa shape index (κ3) is 2.35. The number of carbonyl (C=O) groups excluding carboxylic acids is 1. The molecule has 0 aliphatic heterocycles. The molecule has 0 bridgehead atoms. The monoisotopic (exact) mass is 345 g/mol. The Labute approximate surface area is 129 Å². The van der Waals surface area contributed by atoms with Crippen LogP contribution in [-0.2, 0) is 0 Å². The summed E-state index contributed by atoms with van der Waals surface area (Å²) in [6.45, 7) is 0. The summed E-state index contributed by atoms with van der Waals surface area (Å²) in [6, 6.07) is 14.5. The van der Waals surface area contributed by atoms with Crippen LogP contribution in [0.1, 0.15) is 15.9 Å². The summed E-state index contributed by atoms with van der Waals surface area (Å²) in [4.78, 5) is 16.9. The first-order chi connectivity index (χ1) is 9.66. The van der Waals surface area contributed by atoms with Gasteiger partial charge in [-0.05, 0) is 46.3 Å². The first kappa shape index (κ1) is 13.3. The highest BCUT2D eigenvalue weighted by Gasteiger charge is 2.13. The van der Waals surface area contributed by atoms with Crippen LogP contribution in [0, 0.1) is 0 Å². The van der Waals surface area contributed by atoms with Crippen LogP contribution < -0.4 is 0 Å². The van der Waals surface area contributed by atoms with Gasteiger partial charge in [0.1, 0.15) is 0 Å². The van der Waals surface area contributed by atoms with Crippen molar-refractivity contribution in [3.63, 3.8) is 0 Å². The number of ketones is 1. The van der Waals surface area contributed by atoms with Crippen molar-refractivity contribution in [2.24, 2.45) is 0 Å². The highest BCUT2D eigenvalue weighted by atomic mass is 79.9. The molecule has 2 aromatic carbocycles. The van der Waals surface area contributed by atoms with E-state index in [4.69, 9.17) is 11.6 Å². The molecular formula is C16H9BrClNO. The van der Waals surface area contributed by atoms with E-state index in [-0.39, 0.29) is 5.78 Å². The maximum atomic E-state index is 12.6. The van der Waals surface area contributed by atoms with E-state index in [0.717, 1.165) is 15.4 Å². The van der Waals surface area contributed by atoms with E-state index in [2.05, 4.69) is 20.9 Å². The summed E-state index contributed by atoms with van der Waals surface area (Å²) >= 11 is 9.37. The van der Waals surface area contributed by atoms with Crippen LogP contribution in [-0.4, -0.2) is 10.8 Å². The van der Waals surface area contributed by atoms with Crippen LogP contribution >= 0.6 is 27.5 Å². The summed E-state index contributed by atoms with van der Waals surface area (Å²) < 4.78 is 0.773. The minimum atomic E-state index is -0.0574. The summed E-state index contributed by atoms with van der Waals surface area (Å²) in [5.41, 5.74) is 2.00. The maximum Gasteiger partial charge on any atom is 0.193 e. The van der Waals surface area contributed by atoms with Gasteiger partial charge in [-0.2, -0.15) is 0 Å². The molecular weight excluding hydrogens is 338 g/mol. The predicted molar refractivity (Wildman–Crippen MR) is 84.3 cm³/mol. The number of nitrogens with zero attached hydrogens (tertiary/aromatic N) is 1. The molecule has 0 aliphatic rings. The van der Waals surface area contributed by atoms with Crippen molar-refractivity contribution in [3.8, 4) is 0 Å². The fourth-order valence-electron chi connectivity index (χ4n) is 2.09. The van der Waals surface area contributed by atoms with Crippen molar-refractivity contribution >= 4 is 44.2 Å². The molecule has 0 radical (unpaired) electrons. The van der Waals surface area contributed by atoms with Crippen LogP contribution in [0.2, 0.25) is 5.02 Å². The zero-order valence-electron chi connectivity index (χ0n) is 10.3. The molecule has 2 nitrogen and oxygen atoms in total. The molecule has 20 heavy (non-hydrogen) atoms. The lowest BCUT2D eigenvalue weighted by molar-refractivity contribution is 0.104. The zero-order valence-corrected chi connectivity index (χ0v) is 12.6. The van der Waals surface area contributed by atoms with Gasteiger partial charge in [-0.15, -0.1) is 0 Å². The standard InChI is InChI=1S/C16H9BrClNO/c17-13-7-6-10(9-14(13)18)16(20)12-3-1-5-15-11(12)4-2-8-19-15/h1-9H. The number of fused-ring (bicyclic) bond motifs is 1. The predicted octanol–water partition coefficient (Wildman–Crippen LogP) is 4.88. The molecule has 0 unspecified atom stereocenters. The van der Waals surface area contributed by atoms with Crippen LogP contribution in [0.4, 0.5) is 0 Å². The van der Waals surface area contributed by atoms with Crippen molar-refractivity contribution in [3.05, 3.63) is 75.4 Å². The van der Waals surface area contributed by atoms with Gasteiger partial charge in [0.25, 0.3) is 0 Å². The Morgan fingerprint density at radius 1 is 1.10 bits per heavy atom. The zero-order chi connectivity index (χ0) is 14.1. The molecule has 3 aromatic rings. The van der Waals surface area contributed by atoms with Gasteiger partial charge in [-0.3, -0.25) is 9.78 Å². The Morgan fingerprint density at radius 3 is 2.75 bits per heavy atom. The second kappa shape index (κ2) is 5.35. The van der Waals surface area contributed by atoms with Gasteiger partial charge in [0.05, 0.1) is 10.5 Å². The van der Waals surface area contributed by atoms with Crippen molar-refractivity contribution in [2.75, 3.05) is 0 Å². The van der Waals surface area contributed by atoms with E-state index in [1.54, 1.807) is 24.4 Å². The SMILES string of the molecule is O=C(c1ccc(Br)c(Cl)c1)c1cccc2ncccc12. The third-order valence-electron chi connectivity index (χ3n) is 3.07. The van der Waals surface area contributed by atoms with Gasteiger partial charge in [-0.25, -0.2) is 0 Å². The van der Waals surface area contributed by atoms with Crippen molar-refractivity contribution in [1.82, 2.24) is 4.98 Å². The van der Waals surface area contributed by atoms with Crippen molar-refractivity contribution in [1.29, 1.82) is 0 Å². The minimum Gasteiger partial charge on any atom is -0.289 e. The minimum absolute atomic E-state index is 0.0574. The quantitative estimate of drug-likeness (QED) is 0.619. The molecule has 0 amide bonds. The number of hydrogen-bond donors (Lipinski definition) is 0. The van der Waals surface area contributed by atoms with E-state index in [0.29, 0.717) is 16.1 Å². The average Bonchev–Trinajstić information content (AvgIpc) is 2.49. The fourth-order valence-corrected chi connectivity index (χ4v) is 2.52. The molecule has 0 saturated carbocycles. The van der Waals surface area contributed by atoms with E-state index in [1.165, 1.54) is 0 Å². The van der Waals surface area contributed by atoms with Crippen molar-refractivity contribution in [2.45, 2.75) is 0 Å². The fraction of sp³-hybridized carbons (Fsp3) is 0. The van der Waals surface area contributed by atoms with E-state index in [1.807, 2.05) is 30.3 Å². The molecule has 1 aromatic heterocycles. The second-order valence-electron chi connectivity index (χ2n) is 4.33. The smallest absolute Gasteiger partial charge is 0.193 e. The molecule has 0 saturated heterocycles. The molecule has 0 N–H and O–H groups in total. The lowest BCUT2D eigenvalue weighted by atomic mass is 9.99. The number of aromatic nitrogens is 1. The summed E-state index contributed by atoms with van der Waals surface area (Å²) in [6.07, 6.45) is 1.72. The van der Waals surface area contributed by atoms with Crippen LogP contribution in [0.25, 0.3) is 10.9 Å². The second-order valence-corrected chi connectivity index (χ2v) is 5.60. The molecule has 0 aliphatic carbocycles. The molecule has 4 heteroatoms. The number of rotatable bonds is 2. The summed E-state index contributed by atoms with van der Waals surface area (Å²) in [5.74, 6) is -0.0574. The lowest BCUT2D eigenvalue weighted by Gasteiger charge is -2.06. The van der Waals surface area contributed by atoms with Crippen LogP contribution in [0.15, 0.2) is 59.2 Å². The van der Waals surface area contributed by atoms with E-state index < -0.39 is 0 Å². The average molecular weight is 347 g/mol. The summed E-state index contributed by atoms with van der Waals surface area (Å²) in [5, 5.41) is 1.37. The normalized spacial score (nSPS) is 10.7. The highest BCUT2D eigenvalue weighted by molar-refractivity contribution is 9.10. The Bertz CT molecular complexity index is 811. The van der Waals surface area contributed by atoms with Gasteiger partial charge in [-0.1, -0.05) is 29.8 Å². The Kier molecular flexibility index (Phi) is 3.55. The number of hydrogen-bond acceptors (Lipinski definition) is 2. The number of carbonyl (C=O) groups is 1. The topological polar surface area (TPSA) is 30.0 Å². The number of halogens is 2. The van der Waals surface area contributed by atoms with Gasteiger partial charge >= 0.3 is 0 Å². The van der Waals surface area contributed by atoms with Crippen LogP contribution in [0.5, 0.6) is 0 Å². The first-order valence-corrected chi connectivity index (χ1v) is 7.17. The Balaban J connectivity index is 2.15. The van der Waals surface area contributed by atoms with Gasteiger partial charge < -0.3 is 0 Å². The van der Waals surface area contributed by atoms with Gasteiger partial charge in [0, 0.05) is 27.2 Å². The van der Waals surface area contributed by atoms with Gasteiger partial charge in [0.2, 0.25) is 0 Å². The first-order valence-electron chi connectivity index (χ1n) is 6.00. The van der Waals surface area contributed by atoms with Crippen LogP contribution in [0.3, 0.4) is 0 Å². The lowest BCUT2D eigenvalue weighted by Crippen LogP contribution is -2.02. The molecule has 0 atom stereocenters. The molecule has 1 heterocycles.